The standard InChI is InChI=1S/C10H22N2O2S/c1-10(2,3)15(13,14)12-6-5-9(8-12)7-11-4/h9,11H,5-8H2,1-4H3. The maximum atomic E-state index is 12.1. The lowest BCUT2D eigenvalue weighted by molar-refractivity contribution is 0.431. The third-order valence-corrected chi connectivity index (χ3v) is 5.41. The molecule has 0 aromatic carbocycles. The summed E-state index contributed by atoms with van der Waals surface area (Å²) in [6, 6.07) is 0. The minimum absolute atomic E-state index is 0.465. The first kappa shape index (κ1) is 12.9. The summed E-state index contributed by atoms with van der Waals surface area (Å²) in [6.45, 7) is 7.51. The van der Waals surface area contributed by atoms with E-state index in [4.69, 9.17) is 0 Å². The quantitative estimate of drug-likeness (QED) is 0.780. The molecule has 0 aromatic rings. The van der Waals surface area contributed by atoms with E-state index in [1.54, 1.807) is 25.1 Å². The van der Waals surface area contributed by atoms with Crippen molar-refractivity contribution >= 4 is 10.0 Å². The van der Waals surface area contributed by atoms with Crippen molar-refractivity contribution < 1.29 is 8.42 Å². The lowest BCUT2D eigenvalue weighted by Crippen LogP contribution is -2.42. The zero-order valence-corrected chi connectivity index (χ0v) is 10.9. The molecule has 15 heavy (non-hydrogen) atoms. The van der Waals surface area contributed by atoms with Crippen molar-refractivity contribution in [3.8, 4) is 0 Å². The second kappa shape index (κ2) is 4.39. The number of rotatable bonds is 3. The predicted octanol–water partition coefficient (Wildman–Crippen LogP) is 0.656. The molecule has 1 N–H and O–H groups in total. The fourth-order valence-corrected chi connectivity index (χ4v) is 3.39. The largest absolute Gasteiger partial charge is 0.319 e. The molecule has 1 unspecified atom stereocenters. The number of nitrogens with zero attached hydrogens (tertiary/aromatic N) is 1. The van der Waals surface area contributed by atoms with Crippen LogP contribution in [0.2, 0.25) is 0 Å². The van der Waals surface area contributed by atoms with Crippen LogP contribution in [-0.2, 0) is 10.0 Å². The van der Waals surface area contributed by atoms with Crippen molar-refractivity contribution in [2.75, 3.05) is 26.7 Å². The van der Waals surface area contributed by atoms with Gasteiger partial charge in [-0.15, -0.1) is 0 Å². The van der Waals surface area contributed by atoms with Crippen LogP contribution in [-0.4, -0.2) is 44.2 Å². The van der Waals surface area contributed by atoms with Crippen LogP contribution in [0.1, 0.15) is 27.2 Å². The summed E-state index contributed by atoms with van der Waals surface area (Å²) in [5.74, 6) is 0.465. The molecular formula is C10H22N2O2S. The van der Waals surface area contributed by atoms with Crippen LogP contribution in [0.15, 0.2) is 0 Å². The van der Waals surface area contributed by atoms with Crippen molar-refractivity contribution in [2.24, 2.45) is 5.92 Å². The van der Waals surface area contributed by atoms with E-state index in [9.17, 15) is 8.42 Å². The van der Waals surface area contributed by atoms with Crippen LogP contribution < -0.4 is 5.32 Å². The Balaban J connectivity index is 2.69. The fraction of sp³-hybridized carbons (Fsp3) is 1.00. The highest BCUT2D eigenvalue weighted by Crippen LogP contribution is 2.26. The van der Waals surface area contributed by atoms with Crippen molar-refractivity contribution in [1.29, 1.82) is 0 Å². The lowest BCUT2D eigenvalue weighted by Gasteiger charge is -2.26. The molecule has 1 rings (SSSR count). The van der Waals surface area contributed by atoms with Gasteiger partial charge in [-0.2, -0.15) is 0 Å². The van der Waals surface area contributed by atoms with Gasteiger partial charge in [-0.05, 0) is 46.7 Å². The third-order valence-electron chi connectivity index (χ3n) is 2.86. The Labute approximate surface area is 93.1 Å². The van der Waals surface area contributed by atoms with Crippen LogP contribution in [0.4, 0.5) is 0 Å². The van der Waals surface area contributed by atoms with E-state index in [0.29, 0.717) is 19.0 Å². The minimum atomic E-state index is -3.12. The van der Waals surface area contributed by atoms with Crippen molar-refractivity contribution in [1.82, 2.24) is 9.62 Å². The van der Waals surface area contributed by atoms with Gasteiger partial charge >= 0.3 is 0 Å². The summed E-state index contributed by atoms with van der Waals surface area (Å²) in [4.78, 5) is 0. The molecule has 4 nitrogen and oxygen atoms in total. The van der Waals surface area contributed by atoms with Crippen LogP contribution in [0, 0.1) is 5.92 Å². The Morgan fingerprint density at radius 1 is 1.40 bits per heavy atom. The van der Waals surface area contributed by atoms with Gasteiger partial charge in [0, 0.05) is 13.1 Å². The zero-order valence-electron chi connectivity index (χ0n) is 10.1. The molecule has 0 saturated carbocycles. The predicted molar refractivity (Wildman–Crippen MR) is 62.3 cm³/mol. The monoisotopic (exact) mass is 234 g/mol. The molecular weight excluding hydrogens is 212 g/mol. The summed E-state index contributed by atoms with van der Waals surface area (Å²) < 4.78 is 25.2. The van der Waals surface area contributed by atoms with Crippen molar-refractivity contribution in [3.05, 3.63) is 0 Å². The van der Waals surface area contributed by atoms with Crippen LogP contribution >= 0.6 is 0 Å². The number of sulfonamides is 1. The summed E-state index contributed by atoms with van der Waals surface area (Å²) >= 11 is 0. The molecule has 1 atom stereocenters. The maximum Gasteiger partial charge on any atom is 0.219 e. The highest BCUT2D eigenvalue weighted by Gasteiger charge is 2.38. The lowest BCUT2D eigenvalue weighted by atomic mass is 10.1. The number of hydrogen-bond donors (Lipinski definition) is 1. The van der Waals surface area contributed by atoms with E-state index in [-0.39, 0.29) is 0 Å². The highest BCUT2D eigenvalue weighted by atomic mass is 32.2. The van der Waals surface area contributed by atoms with Gasteiger partial charge in [0.1, 0.15) is 0 Å². The van der Waals surface area contributed by atoms with Gasteiger partial charge in [0.15, 0.2) is 0 Å². The Morgan fingerprint density at radius 3 is 2.47 bits per heavy atom. The summed E-state index contributed by atoms with van der Waals surface area (Å²) in [5.41, 5.74) is 0. The first-order valence-electron chi connectivity index (χ1n) is 5.43. The van der Waals surface area contributed by atoms with Gasteiger partial charge in [0.05, 0.1) is 4.75 Å². The molecule has 0 spiro atoms. The second-order valence-electron chi connectivity index (χ2n) is 5.19. The highest BCUT2D eigenvalue weighted by molar-refractivity contribution is 7.90. The maximum absolute atomic E-state index is 12.1. The average molecular weight is 234 g/mol. The first-order valence-corrected chi connectivity index (χ1v) is 6.87. The average Bonchev–Trinajstić information content (AvgIpc) is 2.51. The van der Waals surface area contributed by atoms with E-state index >= 15 is 0 Å². The van der Waals surface area contributed by atoms with Gasteiger partial charge in [-0.1, -0.05) is 0 Å². The summed E-state index contributed by atoms with van der Waals surface area (Å²) in [5, 5.41) is 3.10. The van der Waals surface area contributed by atoms with Crippen LogP contribution in [0.5, 0.6) is 0 Å². The van der Waals surface area contributed by atoms with Gasteiger partial charge in [0.2, 0.25) is 10.0 Å². The molecule has 0 aliphatic carbocycles. The van der Waals surface area contributed by atoms with E-state index in [0.717, 1.165) is 13.0 Å². The minimum Gasteiger partial charge on any atom is -0.319 e. The molecule has 1 saturated heterocycles. The molecule has 1 aliphatic heterocycles. The topological polar surface area (TPSA) is 49.4 Å². The van der Waals surface area contributed by atoms with Gasteiger partial charge < -0.3 is 5.32 Å². The van der Waals surface area contributed by atoms with Gasteiger partial charge in [-0.25, -0.2) is 12.7 Å². The van der Waals surface area contributed by atoms with Crippen molar-refractivity contribution in [2.45, 2.75) is 31.9 Å². The Hall–Kier alpha value is -0.130. The van der Waals surface area contributed by atoms with E-state index in [1.807, 2.05) is 7.05 Å². The number of nitrogens with one attached hydrogen (secondary N) is 1. The molecule has 0 amide bonds. The number of hydrogen-bond acceptors (Lipinski definition) is 3. The summed E-state index contributed by atoms with van der Waals surface area (Å²) in [6.07, 6.45) is 0.968. The van der Waals surface area contributed by atoms with Crippen LogP contribution in [0.3, 0.4) is 0 Å². The van der Waals surface area contributed by atoms with E-state index in [2.05, 4.69) is 5.32 Å². The third kappa shape index (κ3) is 2.71. The molecule has 0 radical (unpaired) electrons. The molecule has 90 valence electrons. The molecule has 1 fully saturated rings. The van der Waals surface area contributed by atoms with Gasteiger partial charge in [0.25, 0.3) is 0 Å². The van der Waals surface area contributed by atoms with Gasteiger partial charge in [-0.3, -0.25) is 0 Å². The Morgan fingerprint density at radius 2 is 2.00 bits per heavy atom. The summed E-state index contributed by atoms with van der Waals surface area (Å²) in [7, 11) is -1.22. The first-order chi connectivity index (χ1) is 6.79. The zero-order chi connectivity index (χ0) is 11.7. The Bertz CT molecular complexity index is 306. The molecule has 0 bridgehead atoms. The second-order valence-corrected chi connectivity index (χ2v) is 7.88. The molecule has 0 aromatic heterocycles. The van der Waals surface area contributed by atoms with Crippen LogP contribution in [0.25, 0.3) is 0 Å². The smallest absolute Gasteiger partial charge is 0.219 e. The van der Waals surface area contributed by atoms with E-state index in [1.165, 1.54) is 0 Å². The fourth-order valence-electron chi connectivity index (χ4n) is 1.86. The normalized spacial score (nSPS) is 24.7. The van der Waals surface area contributed by atoms with E-state index < -0.39 is 14.8 Å². The molecule has 1 heterocycles. The molecule has 1 aliphatic rings. The Kier molecular flexibility index (Phi) is 3.79. The molecule has 5 heteroatoms. The SMILES string of the molecule is CNCC1CCN(S(=O)(=O)C(C)(C)C)C1. The van der Waals surface area contributed by atoms with Crippen molar-refractivity contribution in [3.63, 3.8) is 0 Å².